The van der Waals surface area contributed by atoms with Crippen LogP contribution < -0.4 is 5.32 Å². The first kappa shape index (κ1) is 15.4. The number of hydrogen-bond acceptors (Lipinski definition) is 7. The molecule has 2 N–H and O–H groups in total. The first-order valence-electron chi connectivity index (χ1n) is 5.15. The van der Waals surface area contributed by atoms with Crippen molar-refractivity contribution in [3.63, 3.8) is 0 Å². The van der Waals surface area contributed by atoms with Gasteiger partial charge in [0, 0.05) is 25.3 Å². The van der Waals surface area contributed by atoms with Gasteiger partial charge in [0.05, 0.1) is 4.92 Å². The van der Waals surface area contributed by atoms with Gasteiger partial charge in [0.15, 0.2) is 14.8 Å². The van der Waals surface area contributed by atoms with Crippen molar-refractivity contribution in [3.05, 3.63) is 16.2 Å². The zero-order valence-electron chi connectivity index (χ0n) is 9.95. The second-order valence-corrected chi connectivity index (χ2v) is 7.03. The molecule has 0 aliphatic rings. The molecule has 0 aromatic carbocycles. The minimum absolute atomic E-state index is 0.0644. The highest BCUT2D eigenvalue weighted by Crippen LogP contribution is 2.36. The third-order valence-electron chi connectivity index (χ3n) is 2.10. The lowest BCUT2D eigenvalue weighted by atomic mass is 10.3. The molecule has 0 aliphatic carbocycles. The summed E-state index contributed by atoms with van der Waals surface area (Å²) in [4.78, 5) is 20.4. The van der Waals surface area contributed by atoms with Crippen LogP contribution in [0.4, 0.5) is 10.7 Å². The van der Waals surface area contributed by atoms with Gasteiger partial charge in [-0.15, -0.1) is 0 Å². The molecule has 0 bridgehead atoms. The largest absolute Gasteiger partial charge is 0.481 e. The summed E-state index contributed by atoms with van der Waals surface area (Å²) in [6, 6.07) is 1.000. The van der Waals surface area contributed by atoms with Crippen LogP contribution in [0.25, 0.3) is 0 Å². The molecule has 19 heavy (non-hydrogen) atoms. The fourth-order valence-electron chi connectivity index (χ4n) is 1.25. The molecule has 0 saturated carbocycles. The standard InChI is InChI=1S/C9H12N2O6S2/c1-19(16,17)8-5-6(11(14)15)9(18-8)10-4-2-3-7(12)13/h5,10H,2-4H2,1H3,(H,12,13). The molecule has 0 aliphatic heterocycles. The van der Waals surface area contributed by atoms with Gasteiger partial charge < -0.3 is 10.4 Å². The van der Waals surface area contributed by atoms with Crippen LogP contribution in [0, 0.1) is 10.1 Å². The van der Waals surface area contributed by atoms with Crippen LogP contribution in [-0.4, -0.2) is 37.2 Å². The quantitative estimate of drug-likeness (QED) is 0.442. The molecule has 10 heteroatoms. The lowest BCUT2D eigenvalue weighted by molar-refractivity contribution is -0.383. The number of nitrogens with one attached hydrogen (secondary N) is 1. The average molecular weight is 308 g/mol. The van der Waals surface area contributed by atoms with Crippen LogP contribution in [-0.2, 0) is 14.6 Å². The molecule has 0 radical (unpaired) electrons. The van der Waals surface area contributed by atoms with Crippen molar-refractivity contribution in [2.75, 3.05) is 18.1 Å². The first-order valence-corrected chi connectivity index (χ1v) is 7.86. The predicted octanol–water partition coefficient (Wildman–Crippen LogP) is 1.34. The monoisotopic (exact) mass is 308 g/mol. The van der Waals surface area contributed by atoms with E-state index < -0.39 is 20.7 Å². The number of nitrogens with zero attached hydrogens (tertiary/aromatic N) is 1. The molecule has 0 unspecified atom stereocenters. The molecule has 1 aromatic rings. The molecule has 1 aromatic heterocycles. The fraction of sp³-hybridized carbons (Fsp3) is 0.444. The van der Waals surface area contributed by atoms with Gasteiger partial charge in [0.1, 0.15) is 4.21 Å². The van der Waals surface area contributed by atoms with Crippen LogP contribution in [0.3, 0.4) is 0 Å². The van der Waals surface area contributed by atoms with Gasteiger partial charge in [-0.3, -0.25) is 14.9 Å². The number of carboxylic acids is 1. The lowest BCUT2D eigenvalue weighted by Crippen LogP contribution is -2.04. The van der Waals surface area contributed by atoms with Gasteiger partial charge in [-0.25, -0.2) is 8.42 Å². The summed E-state index contributed by atoms with van der Waals surface area (Å²) < 4.78 is 22.5. The SMILES string of the molecule is CS(=O)(=O)c1cc([N+](=O)[O-])c(NCCCC(=O)O)s1. The van der Waals surface area contributed by atoms with Gasteiger partial charge in [-0.1, -0.05) is 11.3 Å². The maximum Gasteiger partial charge on any atom is 0.304 e. The lowest BCUT2D eigenvalue weighted by Gasteiger charge is -2.01. The van der Waals surface area contributed by atoms with Crippen LogP contribution in [0.15, 0.2) is 10.3 Å². The van der Waals surface area contributed by atoms with E-state index in [0.717, 1.165) is 23.7 Å². The van der Waals surface area contributed by atoms with Crippen molar-refractivity contribution in [2.24, 2.45) is 0 Å². The first-order chi connectivity index (χ1) is 8.71. The molecule has 1 rings (SSSR count). The third-order valence-corrected chi connectivity index (χ3v) is 4.99. The van der Waals surface area contributed by atoms with Crippen LogP contribution in [0.2, 0.25) is 0 Å². The van der Waals surface area contributed by atoms with Gasteiger partial charge in [-0.05, 0) is 6.42 Å². The Bertz CT molecular complexity index is 592. The third kappa shape index (κ3) is 4.48. The van der Waals surface area contributed by atoms with Gasteiger partial charge >= 0.3 is 11.7 Å². The highest BCUT2D eigenvalue weighted by molar-refractivity contribution is 7.92. The van der Waals surface area contributed by atoms with Crippen molar-refractivity contribution in [2.45, 2.75) is 17.1 Å². The summed E-state index contributed by atoms with van der Waals surface area (Å²) in [5.41, 5.74) is -0.319. The van der Waals surface area contributed by atoms with Crippen molar-refractivity contribution < 1.29 is 23.2 Å². The Labute approximate surface area is 113 Å². The van der Waals surface area contributed by atoms with Crippen molar-refractivity contribution in [3.8, 4) is 0 Å². The van der Waals surface area contributed by atoms with Crippen molar-refractivity contribution in [1.29, 1.82) is 0 Å². The average Bonchev–Trinajstić information content (AvgIpc) is 2.67. The van der Waals surface area contributed by atoms with E-state index in [2.05, 4.69) is 5.32 Å². The topological polar surface area (TPSA) is 127 Å². The molecule has 8 nitrogen and oxygen atoms in total. The summed E-state index contributed by atoms with van der Waals surface area (Å²) in [5, 5.41) is 22.1. The summed E-state index contributed by atoms with van der Waals surface area (Å²) in [5.74, 6) is -0.959. The van der Waals surface area contributed by atoms with E-state index in [1.54, 1.807) is 0 Å². The van der Waals surface area contributed by atoms with Crippen LogP contribution in [0.5, 0.6) is 0 Å². The smallest absolute Gasteiger partial charge is 0.304 e. The van der Waals surface area contributed by atoms with E-state index >= 15 is 0 Å². The molecule has 0 amide bonds. The minimum atomic E-state index is -3.50. The van der Waals surface area contributed by atoms with Crippen molar-refractivity contribution >= 4 is 37.8 Å². The van der Waals surface area contributed by atoms with Crippen LogP contribution in [0.1, 0.15) is 12.8 Å². The number of carboxylic acid groups (broad SMARTS) is 1. The second-order valence-electron chi connectivity index (χ2n) is 3.73. The molecule has 0 atom stereocenters. The number of nitro groups is 1. The van der Waals surface area contributed by atoms with E-state index in [0.29, 0.717) is 6.42 Å². The summed E-state index contributed by atoms with van der Waals surface area (Å²) in [6.45, 7) is 0.219. The Morgan fingerprint density at radius 3 is 2.68 bits per heavy atom. The van der Waals surface area contributed by atoms with Gasteiger partial charge in [0.25, 0.3) is 0 Å². The van der Waals surface area contributed by atoms with E-state index in [4.69, 9.17) is 5.11 Å². The Balaban J connectivity index is 2.84. The molecule has 0 spiro atoms. The predicted molar refractivity (Wildman–Crippen MR) is 69.4 cm³/mol. The number of hydrogen-bond donors (Lipinski definition) is 2. The minimum Gasteiger partial charge on any atom is -0.481 e. The highest BCUT2D eigenvalue weighted by Gasteiger charge is 2.23. The maximum atomic E-state index is 11.3. The van der Waals surface area contributed by atoms with Gasteiger partial charge in [-0.2, -0.15) is 0 Å². The van der Waals surface area contributed by atoms with E-state index in [1.165, 1.54) is 0 Å². The van der Waals surface area contributed by atoms with E-state index in [-0.39, 0.29) is 27.9 Å². The normalized spacial score (nSPS) is 11.2. The summed E-state index contributed by atoms with van der Waals surface area (Å²) in [7, 11) is -3.50. The van der Waals surface area contributed by atoms with Gasteiger partial charge in [0.2, 0.25) is 0 Å². The van der Waals surface area contributed by atoms with E-state index in [9.17, 15) is 23.3 Å². The Kier molecular flexibility index (Phi) is 4.84. The Hall–Kier alpha value is -1.68. The molecule has 0 saturated heterocycles. The molecule has 106 valence electrons. The molecule has 1 heterocycles. The Morgan fingerprint density at radius 1 is 1.58 bits per heavy atom. The summed E-state index contributed by atoms with van der Waals surface area (Å²) >= 11 is 0.765. The molecular weight excluding hydrogens is 296 g/mol. The fourth-order valence-corrected chi connectivity index (χ4v) is 3.21. The summed E-state index contributed by atoms with van der Waals surface area (Å²) in [6.07, 6.45) is 1.19. The zero-order valence-corrected chi connectivity index (χ0v) is 11.6. The highest BCUT2D eigenvalue weighted by atomic mass is 32.2. The second kappa shape index (κ2) is 5.97. The number of rotatable bonds is 7. The Morgan fingerprint density at radius 2 is 2.21 bits per heavy atom. The number of aliphatic carboxylic acids is 1. The van der Waals surface area contributed by atoms with Crippen molar-refractivity contribution in [1.82, 2.24) is 0 Å². The van der Waals surface area contributed by atoms with Crippen LogP contribution >= 0.6 is 11.3 Å². The number of thiophene rings is 1. The molecular formula is C9H12N2O6S2. The maximum absolute atomic E-state index is 11.3. The number of sulfone groups is 1. The number of anilines is 1. The number of carbonyl (C=O) groups is 1. The molecule has 0 fully saturated rings. The zero-order chi connectivity index (χ0) is 14.6. The van der Waals surface area contributed by atoms with E-state index in [1.807, 2.05) is 0 Å².